The van der Waals surface area contributed by atoms with Gasteiger partial charge in [-0.05, 0) is 30.0 Å². The van der Waals surface area contributed by atoms with E-state index in [1.165, 1.54) is 11.3 Å². The lowest BCUT2D eigenvalue weighted by atomic mass is 10.0. The number of rotatable bonds is 8. The molecular formula is C24H23N3O4S. The lowest BCUT2D eigenvalue weighted by Crippen LogP contribution is -2.36. The molecule has 2 aromatic carbocycles. The number of hydrogen-bond acceptors (Lipinski definition) is 5. The highest BCUT2D eigenvalue weighted by Gasteiger charge is 2.27. The molecule has 2 N–H and O–H groups in total. The van der Waals surface area contributed by atoms with Crippen molar-refractivity contribution >= 4 is 34.3 Å². The fourth-order valence-electron chi connectivity index (χ4n) is 3.84. The van der Waals surface area contributed by atoms with Crippen molar-refractivity contribution in [1.29, 1.82) is 0 Å². The monoisotopic (exact) mass is 449 g/mol. The number of para-hydroxylation sites is 1. The van der Waals surface area contributed by atoms with E-state index in [1.54, 1.807) is 17.2 Å². The van der Waals surface area contributed by atoms with Crippen LogP contribution in [0.3, 0.4) is 0 Å². The quantitative estimate of drug-likeness (QED) is 0.367. The summed E-state index contributed by atoms with van der Waals surface area (Å²) in [6.07, 6.45) is 1.81. The first-order valence-electron chi connectivity index (χ1n) is 10.2. The second-order valence-corrected chi connectivity index (χ2v) is 8.31. The first-order chi connectivity index (χ1) is 15.5. The van der Waals surface area contributed by atoms with Crippen LogP contribution in [0.5, 0.6) is 5.88 Å². The Kier molecular flexibility index (Phi) is 6.51. The van der Waals surface area contributed by atoms with Crippen LogP contribution in [-0.4, -0.2) is 38.6 Å². The molecule has 0 saturated carbocycles. The number of thiazole rings is 1. The Morgan fingerprint density at radius 1 is 1.16 bits per heavy atom. The smallest absolute Gasteiger partial charge is 0.449 e. The standard InChI is InChI=1S/C24H23N3O4S/c1-16(28)27(12-11-18-14-25-20-10-6-5-9-19(18)20)21(13-17-7-3-2-4-8-17)23-26-22(15-32-23)31-24(29)30/h2-10,14-15,21,25H,11-13H2,1H3,(H,29,30). The molecule has 2 heterocycles. The first kappa shape index (κ1) is 21.6. The van der Waals surface area contributed by atoms with Gasteiger partial charge < -0.3 is 19.7 Å². The molecule has 32 heavy (non-hydrogen) atoms. The van der Waals surface area contributed by atoms with Crippen LogP contribution in [0.2, 0.25) is 0 Å². The van der Waals surface area contributed by atoms with Crippen LogP contribution in [0.25, 0.3) is 10.9 Å². The zero-order valence-corrected chi connectivity index (χ0v) is 18.3. The van der Waals surface area contributed by atoms with Gasteiger partial charge in [0, 0.05) is 30.6 Å². The predicted molar refractivity (Wildman–Crippen MR) is 123 cm³/mol. The maximum Gasteiger partial charge on any atom is 0.512 e. The molecule has 2 aromatic heterocycles. The largest absolute Gasteiger partial charge is 0.512 e. The van der Waals surface area contributed by atoms with Crippen molar-refractivity contribution in [2.75, 3.05) is 6.54 Å². The lowest BCUT2D eigenvalue weighted by molar-refractivity contribution is -0.131. The van der Waals surface area contributed by atoms with E-state index < -0.39 is 6.16 Å². The number of benzene rings is 2. The Hall–Kier alpha value is -3.65. The number of ether oxygens (including phenoxy) is 1. The molecule has 8 heteroatoms. The maximum absolute atomic E-state index is 12.7. The lowest BCUT2D eigenvalue weighted by Gasteiger charge is -2.30. The van der Waals surface area contributed by atoms with Gasteiger partial charge in [-0.3, -0.25) is 4.79 Å². The highest BCUT2D eigenvalue weighted by atomic mass is 32.1. The van der Waals surface area contributed by atoms with E-state index in [0.717, 1.165) is 22.0 Å². The molecule has 0 aliphatic carbocycles. The Labute approximate surface area is 189 Å². The molecule has 0 fully saturated rings. The number of hydrogen-bond donors (Lipinski definition) is 2. The molecule has 164 valence electrons. The summed E-state index contributed by atoms with van der Waals surface area (Å²) in [5.74, 6) is -0.0441. The second-order valence-electron chi connectivity index (χ2n) is 7.42. The number of nitrogens with one attached hydrogen (secondary N) is 1. The maximum atomic E-state index is 12.7. The van der Waals surface area contributed by atoms with Crippen LogP contribution in [0.4, 0.5) is 4.79 Å². The average molecular weight is 450 g/mol. The molecule has 1 atom stereocenters. The van der Waals surface area contributed by atoms with Gasteiger partial charge in [0.25, 0.3) is 0 Å². The van der Waals surface area contributed by atoms with Crippen molar-refractivity contribution in [2.24, 2.45) is 0 Å². The number of fused-ring (bicyclic) bond motifs is 1. The number of amides is 1. The van der Waals surface area contributed by atoms with Gasteiger partial charge in [0.2, 0.25) is 11.8 Å². The third-order valence-corrected chi connectivity index (χ3v) is 6.25. The summed E-state index contributed by atoms with van der Waals surface area (Å²) < 4.78 is 4.71. The topological polar surface area (TPSA) is 95.5 Å². The van der Waals surface area contributed by atoms with Crippen LogP contribution in [0.1, 0.15) is 29.1 Å². The Morgan fingerprint density at radius 2 is 1.91 bits per heavy atom. The predicted octanol–water partition coefficient (Wildman–Crippen LogP) is 5.06. The molecule has 0 aliphatic rings. The summed E-state index contributed by atoms with van der Waals surface area (Å²) in [7, 11) is 0. The van der Waals surface area contributed by atoms with Crippen molar-refractivity contribution in [3.8, 4) is 5.88 Å². The summed E-state index contributed by atoms with van der Waals surface area (Å²) >= 11 is 1.29. The van der Waals surface area contributed by atoms with E-state index in [9.17, 15) is 9.59 Å². The number of aromatic nitrogens is 2. The van der Waals surface area contributed by atoms with E-state index in [0.29, 0.717) is 24.4 Å². The molecule has 0 aliphatic heterocycles. The zero-order valence-electron chi connectivity index (χ0n) is 17.5. The number of carbonyl (C=O) groups is 2. The normalized spacial score (nSPS) is 11.9. The fourth-order valence-corrected chi connectivity index (χ4v) is 4.67. The Morgan fingerprint density at radius 3 is 2.66 bits per heavy atom. The Balaban J connectivity index is 1.62. The van der Waals surface area contributed by atoms with Crippen LogP contribution in [0.15, 0.2) is 66.2 Å². The minimum absolute atomic E-state index is 0.0238. The fraction of sp³-hybridized carbons (Fsp3) is 0.208. The molecule has 7 nitrogen and oxygen atoms in total. The van der Waals surface area contributed by atoms with Crippen LogP contribution < -0.4 is 4.74 Å². The highest BCUT2D eigenvalue weighted by molar-refractivity contribution is 7.09. The van der Waals surface area contributed by atoms with Gasteiger partial charge in [0.05, 0.1) is 11.4 Å². The van der Waals surface area contributed by atoms with Gasteiger partial charge in [-0.2, -0.15) is 0 Å². The number of carboxylic acid groups (broad SMARTS) is 1. The molecule has 0 bridgehead atoms. The van der Waals surface area contributed by atoms with Crippen LogP contribution >= 0.6 is 11.3 Å². The third-order valence-electron chi connectivity index (χ3n) is 5.33. The summed E-state index contributed by atoms with van der Waals surface area (Å²) in [5, 5.41) is 12.2. The summed E-state index contributed by atoms with van der Waals surface area (Å²) in [6.45, 7) is 2.05. The van der Waals surface area contributed by atoms with Gasteiger partial charge in [0.15, 0.2) is 0 Å². The van der Waals surface area contributed by atoms with Crippen molar-refractivity contribution in [3.63, 3.8) is 0 Å². The van der Waals surface area contributed by atoms with E-state index in [2.05, 4.69) is 16.0 Å². The minimum atomic E-state index is -1.41. The highest BCUT2D eigenvalue weighted by Crippen LogP contribution is 2.31. The second kappa shape index (κ2) is 9.65. The average Bonchev–Trinajstić information content (AvgIpc) is 3.40. The molecule has 0 spiro atoms. The van der Waals surface area contributed by atoms with Gasteiger partial charge >= 0.3 is 6.16 Å². The number of aromatic amines is 1. The first-order valence-corrected chi connectivity index (χ1v) is 11.1. The Bertz CT molecular complexity index is 1220. The molecule has 1 amide bonds. The van der Waals surface area contributed by atoms with Gasteiger partial charge in [-0.1, -0.05) is 48.5 Å². The van der Waals surface area contributed by atoms with Crippen molar-refractivity contribution in [1.82, 2.24) is 14.9 Å². The number of carbonyl (C=O) groups excluding carboxylic acids is 1. The van der Waals surface area contributed by atoms with E-state index in [4.69, 9.17) is 9.84 Å². The van der Waals surface area contributed by atoms with Gasteiger partial charge in [-0.15, -0.1) is 11.3 Å². The number of H-pyrrole nitrogens is 1. The van der Waals surface area contributed by atoms with E-state index in [1.807, 2.05) is 54.7 Å². The van der Waals surface area contributed by atoms with Crippen molar-refractivity contribution in [2.45, 2.75) is 25.8 Å². The SMILES string of the molecule is CC(=O)N(CCc1c[nH]c2ccccc12)C(Cc1ccccc1)c1nc(OC(=O)O)cs1. The van der Waals surface area contributed by atoms with Crippen LogP contribution in [-0.2, 0) is 17.6 Å². The molecule has 4 aromatic rings. The number of nitrogens with zero attached hydrogens (tertiary/aromatic N) is 2. The summed E-state index contributed by atoms with van der Waals surface area (Å²) in [4.78, 5) is 33.1. The molecule has 0 radical (unpaired) electrons. The molecule has 0 saturated heterocycles. The molecule has 4 rings (SSSR count). The summed E-state index contributed by atoms with van der Waals surface area (Å²) in [6, 6.07) is 17.6. The molecular weight excluding hydrogens is 426 g/mol. The minimum Gasteiger partial charge on any atom is -0.449 e. The van der Waals surface area contributed by atoms with Crippen molar-refractivity contribution in [3.05, 3.63) is 82.3 Å². The third kappa shape index (κ3) is 4.97. The van der Waals surface area contributed by atoms with Crippen LogP contribution in [0, 0.1) is 0 Å². The zero-order chi connectivity index (χ0) is 22.5. The van der Waals surface area contributed by atoms with Crippen molar-refractivity contribution < 1.29 is 19.4 Å². The van der Waals surface area contributed by atoms with E-state index in [-0.39, 0.29) is 17.8 Å². The van der Waals surface area contributed by atoms with E-state index >= 15 is 0 Å². The van der Waals surface area contributed by atoms with Gasteiger partial charge in [-0.25, -0.2) is 9.78 Å². The van der Waals surface area contributed by atoms with Gasteiger partial charge in [0.1, 0.15) is 5.01 Å². The summed E-state index contributed by atoms with van der Waals surface area (Å²) in [5.41, 5.74) is 3.26. The molecule has 1 unspecified atom stereocenters.